The SMILES string of the molecule is CC1(C(N)c2ccccc2)SC(=O)NC1=O. The monoisotopic (exact) mass is 236 g/mol. The molecule has 0 spiro atoms. The van der Waals surface area contributed by atoms with Crippen LogP contribution in [0.2, 0.25) is 0 Å². The van der Waals surface area contributed by atoms with Gasteiger partial charge >= 0.3 is 0 Å². The van der Waals surface area contributed by atoms with E-state index < -0.39 is 10.8 Å². The van der Waals surface area contributed by atoms with Crippen molar-refractivity contribution in [2.75, 3.05) is 0 Å². The van der Waals surface area contributed by atoms with Crippen LogP contribution in [-0.4, -0.2) is 15.9 Å². The molecule has 84 valence electrons. The fourth-order valence-corrected chi connectivity index (χ4v) is 2.60. The largest absolute Gasteiger partial charge is 0.322 e. The Balaban J connectivity index is 2.32. The van der Waals surface area contributed by atoms with Crippen LogP contribution in [0.5, 0.6) is 0 Å². The normalized spacial score (nSPS) is 26.6. The Kier molecular flexibility index (Phi) is 2.73. The Morgan fingerprint density at radius 2 is 1.94 bits per heavy atom. The highest BCUT2D eigenvalue weighted by Crippen LogP contribution is 2.40. The minimum atomic E-state index is -0.918. The molecule has 1 aromatic rings. The molecule has 1 heterocycles. The molecule has 0 radical (unpaired) electrons. The predicted octanol–water partition coefficient (Wildman–Crippen LogP) is 1.43. The lowest BCUT2D eigenvalue weighted by molar-refractivity contribution is -0.121. The summed E-state index contributed by atoms with van der Waals surface area (Å²) in [6, 6.07) is 8.81. The van der Waals surface area contributed by atoms with Crippen LogP contribution in [0, 0.1) is 0 Å². The average Bonchev–Trinajstić information content (AvgIpc) is 2.54. The zero-order valence-corrected chi connectivity index (χ0v) is 9.58. The molecule has 2 rings (SSSR count). The van der Waals surface area contributed by atoms with E-state index in [-0.39, 0.29) is 11.1 Å². The van der Waals surface area contributed by atoms with Crippen molar-refractivity contribution in [1.29, 1.82) is 0 Å². The molecule has 4 nitrogen and oxygen atoms in total. The minimum absolute atomic E-state index is 0.321. The summed E-state index contributed by atoms with van der Waals surface area (Å²) in [6.07, 6.45) is 0. The van der Waals surface area contributed by atoms with Crippen LogP contribution < -0.4 is 11.1 Å². The van der Waals surface area contributed by atoms with Gasteiger partial charge in [0, 0.05) is 0 Å². The molecular formula is C11H12N2O2S. The number of carbonyl (C=O) groups excluding carboxylic acids is 2. The number of hydrogen-bond donors (Lipinski definition) is 2. The van der Waals surface area contributed by atoms with Crippen LogP contribution >= 0.6 is 11.8 Å². The van der Waals surface area contributed by atoms with Gasteiger partial charge in [-0.05, 0) is 24.2 Å². The predicted molar refractivity (Wildman–Crippen MR) is 62.9 cm³/mol. The van der Waals surface area contributed by atoms with Crippen LogP contribution in [-0.2, 0) is 4.79 Å². The molecule has 3 N–H and O–H groups in total. The second-order valence-electron chi connectivity index (χ2n) is 3.84. The molecule has 0 saturated carbocycles. The van der Waals surface area contributed by atoms with Crippen LogP contribution in [0.4, 0.5) is 4.79 Å². The van der Waals surface area contributed by atoms with E-state index in [1.807, 2.05) is 30.3 Å². The van der Waals surface area contributed by atoms with Gasteiger partial charge in [0.05, 0.1) is 6.04 Å². The highest BCUT2D eigenvalue weighted by atomic mass is 32.2. The molecular weight excluding hydrogens is 224 g/mol. The number of amides is 2. The molecule has 0 bridgehead atoms. The Bertz CT molecular complexity index is 435. The Labute approximate surface area is 97.6 Å². The van der Waals surface area contributed by atoms with E-state index in [4.69, 9.17) is 5.73 Å². The van der Waals surface area contributed by atoms with Gasteiger partial charge in [-0.1, -0.05) is 30.3 Å². The van der Waals surface area contributed by atoms with Gasteiger partial charge in [-0.25, -0.2) is 0 Å². The molecule has 1 aliphatic rings. The van der Waals surface area contributed by atoms with Crippen molar-refractivity contribution in [2.45, 2.75) is 17.7 Å². The number of thioether (sulfide) groups is 1. The van der Waals surface area contributed by atoms with E-state index in [0.29, 0.717) is 0 Å². The van der Waals surface area contributed by atoms with Crippen molar-refractivity contribution in [3.63, 3.8) is 0 Å². The minimum Gasteiger partial charge on any atom is -0.322 e. The van der Waals surface area contributed by atoms with Crippen molar-refractivity contribution >= 4 is 22.9 Å². The number of benzene rings is 1. The topological polar surface area (TPSA) is 72.2 Å². The zero-order chi connectivity index (χ0) is 11.8. The molecule has 2 atom stereocenters. The van der Waals surface area contributed by atoms with Gasteiger partial charge in [-0.2, -0.15) is 0 Å². The summed E-state index contributed by atoms with van der Waals surface area (Å²) in [5.41, 5.74) is 6.90. The van der Waals surface area contributed by atoms with Gasteiger partial charge < -0.3 is 5.73 Å². The number of imide groups is 1. The lowest BCUT2D eigenvalue weighted by atomic mass is 9.94. The van der Waals surface area contributed by atoms with E-state index in [9.17, 15) is 9.59 Å². The van der Waals surface area contributed by atoms with Gasteiger partial charge in [0.2, 0.25) is 5.91 Å². The Morgan fingerprint density at radius 3 is 2.44 bits per heavy atom. The van der Waals surface area contributed by atoms with Gasteiger partial charge in [-0.15, -0.1) is 0 Å². The summed E-state index contributed by atoms with van der Waals surface area (Å²) in [5, 5.41) is 1.93. The summed E-state index contributed by atoms with van der Waals surface area (Å²) in [7, 11) is 0. The highest BCUT2D eigenvalue weighted by Gasteiger charge is 2.48. The first-order valence-corrected chi connectivity index (χ1v) is 5.70. The van der Waals surface area contributed by atoms with Crippen molar-refractivity contribution in [3.05, 3.63) is 35.9 Å². The number of nitrogens with two attached hydrogens (primary N) is 1. The number of carbonyl (C=O) groups is 2. The highest BCUT2D eigenvalue weighted by molar-refractivity contribution is 8.16. The van der Waals surface area contributed by atoms with Gasteiger partial charge in [-0.3, -0.25) is 14.9 Å². The molecule has 2 unspecified atom stereocenters. The van der Waals surface area contributed by atoms with Crippen LogP contribution in [0.1, 0.15) is 18.5 Å². The first-order chi connectivity index (χ1) is 7.54. The first-order valence-electron chi connectivity index (χ1n) is 4.89. The van der Waals surface area contributed by atoms with Gasteiger partial charge in [0.25, 0.3) is 5.24 Å². The van der Waals surface area contributed by atoms with Gasteiger partial charge in [0.1, 0.15) is 4.75 Å². The lowest BCUT2D eigenvalue weighted by Crippen LogP contribution is -2.43. The molecule has 1 saturated heterocycles. The van der Waals surface area contributed by atoms with Crippen LogP contribution in [0.15, 0.2) is 30.3 Å². The zero-order valence-electron chi connectivity index (χ0n) is 8.77. The number of rotatable bonds is 2. The molecule has 2 amide bonds. The van der Waals surface area contributed by atoms with E-state index in [1.165, 1.54) is 0 Å². The molecule has 1 aromatic carbocycles. The molecule has 0 aromatic heterocycles. The van der Waals surface area contributed by atoms with E-state index >= 15 is 0 Å². The molecule has 16 heavy (non-hydrogen) atoms. The van der Waals surface area contributed by atoms with Crippen LogP contribution in [0.25, 0.3) is 0 Å². The van der Waals surface area contributed by atoms with Crippen molar-refractivity contribution in [2.24, 2.45) is 5.73 Å². The summed E-state index contributed by atoms with van der Waals surface area (Å²) < 4.78 is -0.918. The van der Waals surface area contributed by atoms with Crippen LogP contribution in [0.3, 0.4) is 0 Å². The average molecular weight is 236 g/mol. The molecule has 1 fully saturated rings. The smallest absolute Gasteiger partial charge is 0.286 e. The van der Waals surface area contributed by atoms with Crippen molar-refractivity contribution in [3.8, 4) is 0 Å². The maximum atomic E-state index is 11.7. The maximum absolute atomic E-state index is 11.7. The lowest BCUT2D eigenvalue weighted by Gasteiger charge is -2.26. The molecule has 5 heteroatoms. The summed E-state index contributed by atoms with van der Waals surface area (Å²) >= 11 is 0.954. The quantitative estimate of drug-likeness (QED) is 0.814. The molecule has 1 aliphatic heterocycles. The van der Waals surface area contributed by atoms with E-state index in [0.717, 1.165) is 17.3 Å². The first kappa shape index (κ1) is 11.2. The second-order valence-corrected chi connectivity index (χ2v) is 5.26. The van der Waals surface area contributed by atoms with Crippen molar-refractivity contribution < 1.29 is 9.59 Å². The fraction of sp³-hybridized carbons (Fsp3) is 0.273. The van der Waals surface area contributed by atoms with E-state index in [2.05, 4.69) is 5.32 Å². The van der Waals surface area contributed by atoms with Crippen molar-refractivity contribution in [1.82, 2.24) is 5.32 Å². The van der Waals surface area contributed by atoms with E-state index in [1.54, 1.807) is 6.92 Å². The third-order valence-electron chi connectivity index (χ3n) is 2.72. The number of nitrogens with one attached hydrogen (secondary N) is 1. The Morgan fingerprint density at radius 1 is 1.31 bits per heavy atom. The number of hydrogen-bond acceptors (Lipinski definition) is 4. The Hall–Kier alpha value is -1.33. The maximum Gasteiger partial charge on any atom is 0.286 e. The standard InChI is InChI=1S/C11H12N2O2S/c1-11(9(14)13-10(15)16-11)8(12)7-5-3-2-4-6-7/h2-6,8H,12H2,1H3,(H,13,14,15). The third-order valence-corrected chi connectivity index (χ3v) is 3.87. The van der Waals surface area contributed by atoms with Gasteiger partial charge in [0.15, 0.2) is 0 Å². The fourth-order valence-electron chi connectivity index (χ4n) is 1.66. The third kappa shape index (κ3) is 1.72. The second kappa shape index (κ2) is 3.92. The summed E-state index contributed by atoms with van der Waals surface area (Å²) in [6.45, 7) is 1.69. The molecule has 0 aliphatic carbocycles. The summed E-state index contributed by atoms with van der Waals surface area (Å²) in [5.74, 6) is -0.321. The summed E-state index contributed by atoms with van der Waals surface area (Å²) in [4.78, 5) is 22.9.